The zero-order valence-electron chi connectivity index (χ0n) is 19.8. The Labute approximate surface area is 201 Å². The molecule has 1 heterocycles. The number of hydrogen-bond donors (Lipinski definition) is 1. The molecule has 2 aromatic carbocycles. The van der Waals surface area contributed by atoms with Crippen LogP contribution in [0.4, 0.5) is 5.69 Å². The third kappa shape index (κ3) is 5.73. The van der Waals surface area contributed by atoms with Gasteiger partial charge in [0.2, 0.25) is 0 Å². The van der Waals surface area contributed by atoms with Crippen molar-refractivity contribution >= 4 is 11.7 Å². The quantitative estimate of drug-likeness (QED) is 0.186. The summed E-state index contributed by atoms with van der Waals surface area (Å²) in [4.78, 5) is 23.8. The van der Waals surface area contributed by atoms with Gasteiger partial charge in [0, 0.05) is 13.2 Å². The summed E-state index contributed by atoms with van der Waals surface area (Å²) >= 11 is 0. The third-order valence-electron chi connectivity index (χ3n) is 5.14. The molecular formula is C23H26N4O8. The van der Waals surface area contributed by atoms with Gasteiger partial charge in [-0.1, -0.05) is 17.3 Å². The second-order valence-electron chi connectivity index (χ2n) is 7.44. The molecule has 1 unspecified atom stereocenters. The summed E-state index contributed by atoms with van der Waals surface area (Å²) in [6.07, 6.45) is -1.64. The molecule has 0 saturated heterocycles. The van der Waals surface area contributed by atoms with Crippen molar-refractivity contribution in [1.82, 2.24) is 15.0 Å². The molecule has 12 heteroatoms. The van der Waals surface area contributed by atoms with Crippen molar-refractivity contribution in [3.63, 3.8) is 0 Å². The highest BCUT2D eigenvalue weighted by molar-refractivity contribution is 5.88. The number of nitro benzene ring substituents is 1. The number of methoxy groups -OCH3 is 2. The van der Waals surface area contributed by atoms with Crippen LogP contribution in [0.3, 0.4) is 0 Å². The second kappa shape index (κ2) is 11.4. The molecule has 3 aromatic rings. The summed E-state index contributed by atoms with van der Waals surface area (Å²) in [6.45, 7) is 3.35. The van der Waals surface area contributed by atoms with Crippen LogP contribution in [0.2, 0.25) is 0 Å². The van der Waals surface area contributed by atoms with Gasteiger partial charge < -0.3 is 24.1 Å². The van der Waals surface area contributed by atoms with Gasteiger partial charge in [0.25, 0.3) is 5.69 Å². The van der Waals surface area contributed by atoms with Crippen molar-refractivity contribution in [2.24, 2.45) is 0 Å². The van der Waals surface area contributed by atoms with Crippen LogP contribution in [0.1, 0.15) is 45.9 Å². The van der Waals surface area contributed by atoms with Gasteiger partial charge in [-0.05, 0) is 43.2 Å². The van der Waals surface area contributed by atoms with Gasteiger partial charge in [-0.3, -0.25) is 10.1 Å². The minimum atomic E-state index is -1.64. The Morgan fingerprint density at radius 2 is 1.94 bits per heavy atom. The Morgan fingerprint density at radius 3 is 2.54 bits per heavy atom. The summed E-state index contributed by atoms with van der Waals surface area (Å²) in [5, 5.41) is 31.1. The van der Waals surface area contributed by atoms with Gasteiger partial charge in [-0.15, -0.1) is 5.10 Å². The van der Waals surface area contributed by atoms with Crippen LogP contribution in [0.25, 0.3) is 0 Å². The highest BCUT2D eigenvalue weighted by Gasteiger charge is 2.32. The number of carbonyl (C=O) groups excluding carboxylic acids is 1. The smallest absolute Gasteiger partial charge is 0.360 e. The molecule has 0 radical (unpaired) electrons. The fourth-order valence-electron chi connectivity index (χ4n) is 3.45. The van der Waals surface area contributed by atoms with E-state index in [1.54, 1.807) is 45.2 Å². The highest BCUT2D eigenvalue weighted by atomic mass is 16.7. The Balaban J connectivity index is 2.12. The van der Waals surface area contributed by atoms with Gasteiger partial charge in [0.15, 0.2) is 12.5 Å². The number of carbonyl (C=O) groups is 1. The van der Waals surface area contributed by atoms with Gasteiger partial charge in [0.05, 0.1) is 30.7 Å². The van der Waals surface area contributed by atoms with Crippen LogP contribution in [-0.2, 0) is 16.0 Å². The SMILES string of the molecule is CCOC(=O)c1nnn(Cc2ccc(OC)cc2)c1C(O)c1cc(OCOC)c(C)cc1[N+](=O)[O-]. The van der Waals surface area contributed by atoms with Crippen molar-refractivity contribution in [3.8, 4) is 11.5 Å². The number of nitro groups is 1. The molecule has 0 bridgehead atoms. The maximum atomic E-state index is 12.6. The minimum Gasteiger partial charge on any atom is -0.497 e. The van der Waals surface area contributed by atoms with E-state index in [4.69, 9.17) is 18.9 Å². The second-order valence-corrected chi connectivity index (χ2v) is 7.44. The predicted molar refractivity (Wildman–Crippen MR) is 122 cm³/mol. The highest BCUT2D eigenvalue weighted by Crippen LogP contribution is 2.36. The maximum absolute atomic E-state index is 12.6. The van der Waals surface area contributed by atoms with Crippen molar-refractivity contribution < 1.29 is 33.8 Å². The average Bonchev–Trinajstić information content (AvgIpc) is 3.26. The lowest BCUT2D eigenvalue weighted by atomic mass is 10.00. The normalized spacial score (nSPS) is 11.7. The summed E-state index contributed by atoms with van der Waals surface area (Å²) in [5.74, 6) is 0.116. The Hall–Kier alpha value is -4.03. The van der Waals surface area contributed by atoms with E-state index in [9.17, 15) is 20.0 Å². The summed E-state index contributed by atoms with van der Waals surface area (Å²) < 4.78 is 21.9. The maximum Gasteiger partial charge on any atom is 0.360 e. The lowest BCUT2D eigenvalue weighted by Crippen LogP contribution is -2.17. The molecule has 0 aliphatic carbocycles. The molecule has 0 aliphatic rings. The summed E-state index contributed by atoms with van der Waals surface area (Å²) in [5.41, 5.74) is 0.482. The number of aryl methyl sites for hydroxylation is 1. The topological polar surface area (TPSA) is 148 Å². The van der Waals surface area contributed by atoms with Gasteiger partial charge >= 0.3 is 5.97 Å². The first-order valence-electron chi connectivity index (χ1n) is 10.6. The fraction of sp³-hybridized carbons (Fsp3) is 0.348. The Bertz CT molecular complexity index is 1190. The molecule has 1 aromatic heterocycles. The molecule has 0 spiro atoms. The van der Waals surface area contributed by atoms with Crippen LogP contribution in [0, 0.1) is 17.0 Å². The Kier molecular flexibility index (Phi) is 8.34. The molecule has 1 atom stereocenters. The number of aliphatic hydroxyl groups is 1. The van der Waals surface area contributed by atoms with Crippen molar-refractivity contribution in [2.75, 3.05) is 27.6 Å². The van der Waals surface area contributed by atoms with Crippen molar-refractivity contribution in [3.05, 3.63) is 74.6 Å². The van der Waals surface area contributed by atoms with E-state index in [1.807, 2.05) is 0 Å². The molecule has 12 nitrogen and oxygen atoms in total. The largest absolute Gasteiger partial charge is 0.497 e. The molecule has 35 heavy (non-hydrogen) atoms. The van der Waals surface area contributed by atoms with Gasteiger partial charge in [-0.25, -0.2) is 9.48 Å². The van der Waals surface area contributed by atoms with Crippen LogP contribution in [-0.4, -0.2) is 58.6 Å². The molecule has 3 rings (SSSR count). The first-order chi connectivity index (χ1) is 16.8. The average molecular weight is 486 g/mol. The van der Waals surface area contributed by atoms with E-state index in [0.717, 1.165) is 5.56 Å². The summed E-state index contributed by atoms with van der Waals surface area (Å²) in [6, 6.07) is 9.69. The number of aromatic nitrogens is 3. The van der Waals surface area contributed by atoms with Crippen molar-refractivity contribution in [1.29, 1.82) is 0 Å². The fourth-order valence-corrected chi connectivity index (χ4v) is 3.45. The first-order valence-corrected chi connectivity index (χ1v) is 10.6. The number of rotatable bonds is 11. The Morgan fingerprint density at radius 1 is 1.23 bits per heavy atom. The summed E-state index contributed by atoms with van der Waals surface area (Å²) in [7, 11) is 2.98. The first kappa shape index (κ1) is 25.6. The number of benzene rings is 2. The molecule has 186 valence electrons. The van der Waals surface area contributed by atoms with Crippen LogP contribution < -0.4 is 9.47 Å². The van der Waals surface area contributed by atoms with Gasteiger partial charge in [-0.2, -0.15) is 0 Å². The standard InChI is InChI=1S/C23H26N4O8/c1-5-34-23(29)20-21(26(25-24-20)12-15-6-8-16(33-4)9-7-15)22(28)17-11-19(35-13-32-3)14(2)10-18(17)27(30)31/h6-11,22,28H,5,12-13H2,1-4H3. The van der Waals surface area contributed by atoms with Gasteiger partial charge in [0.1, 0.15) is 23.3 Å². The van der Waals surface area contributed by atoms with Crippen molar-refractivity contribution in [2.45, 2.75) is 26.5 Å². The lowest BCUT2D eigenvalue weighted by molar-refractivity contribution is -0.386. The predicted octanol–water partition coefficient (Wildman–Crippen LogP) is 2.79. The number of nitrogens with zero attached hydrogens (tertiary/aromatic N) is 4. The molecule has 0 saturated carbocycles. The number of ether oxygens (including phenoxy) is 4. The molecular weight excluding hydrogens is 460 g/mol. The van der Waals surface area contributed by atoms with E-state index in [-0.39, 0.29) is 48.3 Å². The van der Waals surface area contributed by atoms with Crippen LogP contribution in [0.5, 0.6) is 11.5 Å². The number of esters is 1. The third-order valence-corrected chi connectivity index (χ3v) is 5.14. The monoisotopic (exact) mass is 486 g/mol. The van der Waals surface area contributed by atoms with E-state index in [1.165, 1.54) is 23.9 Å². The van der Waals surface area contributed by atoms with E-state index >= 15 is 0 Å². The zero-order chi connectivity index (χ0) is 25.5. The van der Waals surface area contributed by atoms with Crippen LogP contribution in [0.15, 0.2) is 36.4 Å². The van der Waals surface area contributed by atoms with E-state index < -0.39 is 17.0 Å². The zero-order valence-corrected chi connectivity index (χ0v) is 19.8. The molecule has 1 N–H and O–H groups in total. The number of hydrogen-bond acceptors (Lipinski definition) is 10. The lowest BCUT2D eigenvalue weighted by Gasteiger charge is -2.17. The van der Waals surface area contributed by atoms with E-state index in [0.29, 0.717) is 11.3 Å². The minimum absolute atomic E-state index is 0.0519. The number of aliphatic hydroxyl groups excluding tert-OH is 1. The molecule has 0 amide bonds. The van der Waals surface area contributed by atoms with E-state index in [2.05, 4.69) is 10.3 Å². The molecule has 0 aliphatic heterocycles. The molecule has 0 fully saturated rings. The van der Waals surface area contributed by atoms with Crippen LogP contribution >= 0.6 is 0 Å².